The van der Waals surface area contributed by atoms with Gasteiger partial charge < -0.3 is 24.2 Å². The summed E-state index contributed by atoms with van der Waals surface area (Å²) in [5.41, 5.74) is 0. The van der Waals surface area contributed by atoms with Crippen LogP contribution in [0.2, 0.25) is 0 Å². The van der Waals surface area contributed by atoms with E-state index in [2.05, 4.69) is 20.0 Å². The maximum absolute atomic E-state index is 13.1. The summed E-state index contributed by atoms with van der Waals surface area (Å²) in [7, 11) is 0. The van der Waals surface area contributed by atoms with Gasteiger partial charge in [0.05, 0.1) is 25.7 Å². The first kappa shape index (κ1) is 21.8. The SMILES string of the molecule is CCOC(=O)C1CCCN(C(=O)C2CCN(c3ccc(N4CCOCC4)nn3)CC2)C1. The molecule has 3 fully saturated rings. The molecule has 0 radical (unpaired) electrons. The van der Waals surface area contributed by atoms with Crippen LogP contribution in [0.1, 0.15) is 32.6 Å². The molecule has 9 heteroatoms. The van der Waals surface area contributed by atoms with Crippen LogP contribution in [-0.2, 0) is 19.1 Å². The number of ether oxygens (including phenoxy) is 2. The molecule has 170 valence electrons. The predicted molar refractivity (Wildman–Crippen MR) is 116 cm³/mol. The minimum absolute atomic E-state index is 0.0118. The Morgan fingerprint density at radius 2 is 1.61 bits per heavy atom. The number of morpholine rings is 1. The molecule has 0 bridgehead atoms. The van der Waals surface area contributed by atoms with Gasteiger partial charge in [-0.25, -0.2) is 0 Å². The molecular formula is C22H33N5O4. The number of nitrogens with zero attached hydrogens (tertiary/aromatic N) is 5. The molecule has 0 aromatic carbocycles. The fourth-order valence-electron chi connectivity index (χ4n) is 4.69. The Labute approximate surface area is 183 Å². The van der Waals surface area contributed by atoms with Crippen LogP contribution in [0.3, 0.4) is 0 Å². The second-order valence-corrected chi connectivity index (χ2v) is 8.49. The van der Waals surface area contributed by atoms with Crippen LogP contribution in [0.5, 0.6) is 0 Å². The molecule has 3 aliphatic rings. The number of piperidine rings is 2. The largest absolute Gasteiger partial charge is 0.466 e. The molecule has 1 unspecified atom stereocenters. The summed E-state index contributed by atoms with van der Waals surface area (Å²) >= 11 is 0. The maximum atomic E-state index is 13.1. The fraction of sp³-hybridized carbons (Fsp3) is 0.727. The first-order valence-corrected chi connectivity index (χ1v) is 11.5. The van der Waals surface area contributed by atoms with Gasteiger partial charge in [-0.3, -0.25) is 9.59 Å². The molecular weight excluding hydrogens is 398 g/mol. The van der Waals surface area contributed by atoms with Crippen LogP contribution >= 0.6 is 0 Å². The second kappa shape index (κ2) is 10.3. The Balaban J connectivity index is 1.28. The van der Waals surface area contributed by atoms with Crippen molar-refractivity contribution >= 4 is 23.5 Å². The average molecular weight is 432 g/mol. The van der Waals surface area contributed by atoms with E-state index in [4.69, 9.17) is 9.47 Å². The van der Waals surface area contributed by atoms with E-state index in [0.717, 1.165) is 83.3 Å². The van der Waals surface area contributed by atoms with Crippen molar-refractivity contribution in [3.8, 4) is 0 Å². The highest BCUT2D eigenvalue weighted by Crippen LogP contribution is 2.26. The molecule has 0 aliphatic carbocycles. The van der Waals surface area contributed by atoms with Crippen molar-refractivity contribution in [2.24, 2.45) is 11.8 Å². The number of anilines is 2. The minimum atomic E-state index is -0.182. The summed E-state index contributed by atoms with van der Waals surface area (Å²) in [6, 6.07) is 4.04. The number of carbonyl (C=O) groups is 2. The molecule has 0 N–H and O–H groups in total. The zero-order valence-electron chi connectivity index (χ0n) is 18.4. The molecule has 0 saturated carbocycles. The van der Waals surface area contributed by atoms with E-state index in [1.54, 1.807) is 0 Å². The minimum Gasteiger partial charge on any atom is -0.466 e. The van der Waals surface area contributed by atoms with Gasteiger partial charge in [-0.1, -0.05) is 0 Å². The average Bonchev–Trinajstić information content (AvgIpc) is 2.84. The molecule has 0 spiro atoms. The number of rotatable bonds is 5. The number of hydrogen-bond acceptors (Lipinski definition) is 8. The molecule has 9 nitrogen and oxygen atoms in total. The Kier molecular flexibility index (Phi) is 7.21. The van der Waals surface area contributed by atoms with E-state index in [9.17, 15) is 9.59 Å². The number of likely N-dealkylation sites (tertiary alicyclic amines) is 1. The first-order valence-electron chi connectivity index (χ1n) is 11.5. The third-order valence-corrected chi connectivity index (χ3v) is 6.49. The highest BCUT2D eigenvalue weighted by atomic mass is 16.5. The first-order chi connectivity index (χ1) is 15.2. The summed E-state index contributed by atoms with van der Waals surface area (Å²) in [5, 5.41) is 8.84. The maximum Gasteiger partial charge on any atom is 0.310 e. The second-order valence-electron chi connectivity index (χ2n) is 8.49. The smallest absolute Gasteiger partial charge is 0.310 e. The van der Waals surface area contributed by atoms with Gasteiger partial charge >= 0.3 is 5.97 Å². The van der Waals surface area contributed by atoms with Gasteiger partial charge in [-0.15, -0.1) is 10.2 Å². The van der Waals surface area contributed by atoms with Crippen LogP contribution in [0, 0.1) is 11.8 Å². The van der Waals surface area contributed by atoms with Crippen molar-refractivity contribution in [1.82, 2.24) is 15.1 Å². The highest BCUT2D eigenvalue weighted by molar-refractivity contribution is 5.80. The van der Waals surface area contributed by atoms with Gasteiger partial charge in [0.2, 0.25) is 5.91 Å². The van der Waals surface area contributed by atoms with E-state index in [1.807, 2.05) is 24.0 Å². The van der Waals surface area contributed by atoms with Crippen molar-refractivity contribution in [1.29, 1.82) is 0 Å². The lowest BCUT2D eigenvalue weighted by Crippen LogP contribution is -2.47. The molecule has 31 heavy (non-hydrogen) atoms. The zero-order chi connectivity index (χ0) is 21.6. The zero-order valence-corrected chi connectivity index (χ0v) is 18.4. The lowest BCUT2D eigenvalue weighted by atomic mass is 9.92. The lowest BCUT2D eigenvalue weighted by Gasteiger charge is -2.37. The van der Waals surface area contributed by atoms with Crippen LogP contribution in [0.15, 0.2) is 12.1 Å². The molecule has 4 heterocycles. The van der Waals surface area contributed by atoms with E-state index in [1.165, 1.54) is 0 Å². The quantitative estimate of drug-likeness (QED) is 0.646. The van der Waals surface area contributed by atoms with E-state index >= 15 is 0 Å². The Hall–Kier alpha value is -2.42. The molecule has 1 atom stereocenters. The molecule has 4 rings (SSSR count). The normalized spacial score (nSPS) is 23.0. The number of esters is 1. The summed E-state index contributed by atoms with van der Waals surface area (Å²) in [5.74, 6) is 1.59. The number of carbonyl (C=O) groups excluding carboxylic acids is 2. The van der Waals surface area contributed by atoms with Gasteiger partial charge in [0, 0.05) is 45.2 Å². The van der Waals surface area contributed by atoms with Crippen LogP contribution < -0.4 is 9.80 Å². The van der Waals surface area contributed by atoms with Gasteiger partial charge in [0.1, 0.15) is 0 Å². The third-order valence-electron chi connectivity index (χ3n) is 6.49. The van der Waals surface area contributed by atoms with Crippen LogP contribution in [0.4, 0.5) is 11.6 Å². The van der Waals surface area contributed by atoms with Crippen molar-refractivity contribution in [3.05, 3.63) is 12.1 Å². The molecule has 3 aliphatic heterocycles. The van der Waals surface area contributed by atoms with E-state index in [0.29, 0.717) is 13.2 Å². The standard InChI is InChI=1S/C22H33N5O4/c1-2-31-22(29)18-4-3-9-27(16-18)21(28)17-7-10-25(11-8-17)19-5-6-20(24-23-19)26-12-14-30-15-13-26/h5-6,17-18H,2-4,7-16H2,1H3. The summed E-state index contributed by atoms with van der Waals surface area (Å²) in [6.45, 7) is 8.15. The lowest BCUT2D eigenvalue weighted by molar-refractivity contribution is -0.152. The van der Waals surface area contributed by atoms with Gasteiger partial charge in [0.25, 0.3) is 0 Å². The Morgan fingerprint density at radius 3 is 2.23 bits per heavy atom. The predicted octanol–water partition coefficient (Wildman–Crippen LogP) is 1.33. The third kappa shape index (κ3) is 5.26. The van der Waals surface area contributed by atoms with E-state index < -0.39 is 0 Å². The summed E-state index contributed by atoms with van der Waals surface area (Å²) in [6.07, 6.45) is 3.26. The molecule has 1 aromatic heterocycles. The Bertz CT molecular complexity index is 745. The van der Waals surface area contributed by atoms with Gasteiger partial charge in [0.15, 0.2) is 11.6 Å². The highest BCUT2D eigenvalue weighted by Gasteiger charge is 2.34. The molecule has 1 amide bonds. The van der Waals surface area contributed by atoms with Gasteiger partial charge in [-0.05, 0) is 44.7 Å². The topological polar surface area (TPSA) is 88.1 Å². The molecule has 1 aromatic rings. The number of aromatic nitrogens is 2. The van der Waals surface area contributed by atoms with Crippen LogP contribution in [0.25, 0.3) is 0 Å². The van der Waals surface area contributed by atoms with Crippen LogP contribution in [-0.4, -0.2) is 86.1 Å². The number of hydrogen-bond donors (Lipinski definition) is 0. The van der Waals surface area contributed by atoms with Crippen molar-refractivity contribution in [2.45, 2.75) is 32.6 Å². The monoisotopic (exact) mass is 431 g/mol. The van der Waals surface area contributed by atoms with Crippen molar-refractivity contribution in [3.63, 3.8) is 0 Å². The molecule has 3 saturated heterocycles. The van der Waals surface area contributed by atoms with Gasteiger partial charge in [-0.2, -0.15) is 0 Å². The van der Waals surface area contributed by atoms with E-state index in [-0.39, 0.29) is 23.7 Å². The van der Waals surface area contributed by atoms with Crippen molar-refractivity contribution in [2.75, 3.05) is 68.9 Å². The summed E-state index contributed by atoms with van der Waals surface area (Å²) < 4.78 is 10.5. The Morgan fingerprint density at radius 1 is 0.968 bits per heavy atom. The number of amides is 1. The fourth-order valence-corrected chi connectivity index (χ4v) is 4.69. The van der Waals surface area contributed by atoms with Crippen molar-refractivity contribution < 1.29 is 19.1 Å². The summed E-state index contributed by atoms with van der Waals surface area (Å²) in [4.78, 5) is 31.4.